The van der Waals surface area contributed by atoms with E-state index in [-0.39, 0.29) is 5.56 Å². The van der Waals surface area contributed by atoms with Crippen molar-refractivity contribution in [1.82, 2.24) is 3.96 Å². The van der Waals surface area contributed by atoms with Gasteiger partial charge in [0.15, 0.2) is 0 Å². The fraction of sp³-hybridized carbons (Fsp3) is 0. The van der Waals surface area contributed by atoms with Crippen molar-refractivity contribution in [3.05, 3.63) is 57.3 Å². The number of nitrogens with two attached hydrogens (primary N) is 1. The first kappa shape index (κ1) is 11.5. The third-order valence-electron chi connectivity index (χ3n) is 2.68. The van der Waals surface area contributed by atoms with Crippen molar-refractivity contribution in [3.63, 3.8) is 0 Å². The van der Waals surface area contributed by atoms with Gasteiger partial charge in [0.1, 0.15) is 0 Å². The molecule has 0 saturated heterocycles. The molecule has 90 valence electrons. The Morgan fingerprint density at radius 1 is 1.17 bits per heavy atom. The number of rotatable bonds is 1. The van der Waals surface area contributed by atoms with Crippen molar-refractivity contribution in [1.29, 1.82) is 0 Å². The number of nitrogen functional groups attached to an aromatic ring is 1. The highest BCUT2D eigenvalue weighted by Crippen LogP contribution is 2.26. The summed E-state index contributed by atoms with van der Waals surface area (Å²) >= 11 is 4.87. The molecule has 0 bridgehead atoms. The van der Waals surface area contributed by atoms with Crippen LogP contribution in [-0.2, 0) is 0 Å². The molecule has 0 aliphatic heterocycles. The van der Waals surface area contributed by atoms with Gasteiger partial charge in [-0.3, -0.25) is 4.79 Å². The molecular formula is C13H9BrN2OS. The van der Waals surface area contributed by atoms with E-state index in [1.165, 1.54) is 11.5 Å². The highest BCUT2D eigenvalue weighted by atomic mass is 79.9. The van der Waals surface area contributed by atoms with Gasteiger partial charge in [-0.1, -0.05) is 23.7 Å². The van der Waals surface area contributed by atoms with Crippen molar-refractivity contribution < 1.29 is 0 Å². The average Bonchev–Trinajstić information content (AvgIpc) is 2.71. The van der Waals surface area contributed by atoms with Crippen LogP contribution in [0.25, 0.3) is 15.8 Å². The molecule has 0 amide bonds. The maximum absolute atomic E-state index is 12.3. The number of hydrogen-bond acceptors (Lipinski definition) is 3. The third kappa shape index (κ3) is 1.76. The van der Waals surface area contributed by atoms with Gasteiger partial charge in [-0.05, 0) is 46.3 Å². The minimum atomic E-state index is -0.0121. The van der Waals surface area contributed by atoms with Gasteiger partial charge in [0.2, 0.25) is 0 Å². The summed E-state index contributed by atoms with van der Waals surface area (Å²) in [5, 5.41) is 0.733. The second kappa shape index (κ2) is 4.26. The highest BCUT2D eigenvalue weighted by Gasteiger charge is 2.11. The van der Waals surface area contributed by atoms with Crippen LogP contribution < -0.4 is 11.3 Å². The van der Waals surface area contributed by atoms with Crippen LogP contribution in [-0.4, -0.2) is 3.96 Å². The maximum atomic E-state index is 12.3. The predicted octanol–water partition coefficient (Wildman–Crippen LogP) is 3.40. The van der Waals surface area contributed by atoms with Gasteiger partial charge in [-0.2, -0.15) is 0 Å². The van der Waals surface area contributed by atoms with E-state index in [4.69, 9.17) is 5.73 Å². The fourth-order valence-electron chi connectivity index (χ4n) is 1.82. The zero-order valence-electron chi connectivity index (χ0n) is 9.26. The van der Waals surface area contributed by atoms with E-state index < -0.39 is 0 Å². The van der Waals surface area contributed by atoms with E-state index in [2.05, 4.69) is 15.9 Å². The number of aromatic nitrogens is 1. The Bertz CT molecular complexity index is 791. The van der Waals surface area contributed by atoms with Crippen LogP contribution >= 0.6 is 27.5 Å². The molecule has 0 radical (unpaired) electrons. The Morgan fingerprint density at radius 3 is 2.72 bits per heavy atom. The zero-order chi connectivity index (χ0) is 12.7. The fourth-order valence-corrected chi connectivity index (χ4v) is 3.38. The largest absolute Gasteiger partial charge is 0.399 e. The van der Waals surface area contributed by atoms with Crippen LogP contribution in [0.15, 0.2) is 51.7 Å². The first-order valence-corrected chi connectivity index (χ1v) is 6.90. The lowest BCUT2D eigenvalue weighted by molar-refractivity contribution is 1.13. The molecule has 0 atom stereocenters. The molecule has 5 heteroatoms. The summed E-state index contributed by atoms with van der Waals surface area (Å²) in [6.45, 7) is 0. The van der Waals surface area contributed by atoms with E-state index >= 15 is 0 Å². The topological polar surface area (TPSA) is 48.0 Å². The van der Waals surface area contributed by atoms with Crippen LogP contribution in [0.2, 0.25) is 0 Å². The molecule has 0 aliphatic carbocycles. The Morgan fingerprint density at radius 2 is 1.94 bits per heavy atom. The normalized spacial score (nSPS) is 10.9. The molecule has 1 heterocycles. The van der Waals surface area contributed by atoms with Crippen LogP contribution in [0.3, 0.4) is 0 Å². The molecule has 1 aromatic heterocycles. The first-order chi connectivity index (χ1) is 8.66. The Kier molecular flexibility index (Phi) is 2.72. The second-order valence-corrected chi connectivity index (χ2v) is 5.74. The summed E-state index contributed by atoms with van der Waals surface area (Å²) in [7, 11) is 0. The number of hydrogen-bond donors (Lipinski definition) is 1. The summed E-state index contributed by atoms with van der Waals surface area (Å²) in [4.78, 5) is 12.3. The Hall–Kier alpha value is -1.59. The van der Waals surface area contributed by atoms with Gasteiger partial charge in [-0.25, -0.2) is 3.96 Å². The summed E-state index contributed by atoms with van der Waals surface area (Å²) in [6, 6.07) is 13.0. The molecule has 0 aliphatic rings. The summed E-state index contributed by atoms with van der Waals surface area (Å²) < 4.78 is 3.48. The average molecular weight is 321 g/mol. The van der Waals surface area contributed by atoms with Crippen molar-refractivity contribution in [2.75, 3.05) is 5.73 Å². The summed E-state index contributed by atoms with van der Waals surface area (Å²) in [6.07, 6.45) is 0. The monoisotopic (exact) mass is 320 g/mol. The predicted molar refractivity (Wildman–Crippen MR) is 79.5 cm³/mol. The molecular weight excluding hydrogens is 312 g/mol. The van der Waals surface area contributed by atoms with Gasteiger partial charge in [-0.15, -0.1) is 0 Å². The lowest BCUT2D eigenvalue weighted by atomic mass is 10.2. The quantitative estimate of drug-likeness (QED) is 0.698. The maximum Gasteiger partial charge on any atom is 0.273 e. The minimum absolute atomic E-state index is 0.0121. The van der Waals surface area contributed by atoms with E-state index in [1.54, 1.807) is 16.1 Å². The molecule has 0 fully saturated rings. The Labute approximate surface area is 116 Å². The molecule has 3 aromatic rings. The number of anilines is 1. The van der Waals surface area contributed by atoms with E-state index in [0.29, 0.717) is 5.69 Å². The minimum Gasteiger partial charge on any atom is -0.399 e. The van der Waals surface area contributed by atoms with E-state index in [0.717, 1.165) is 20.2 Å². The van der Waals surface area contributed by atoms with Gasteiger partial charge in [0, 0.05) is 10.2 Å². The Balaban J connectivity index is 2.35. The zero-order valence-corrected chi connectivity index (χ0v) is 11.7. The van der Waals surface area contributed by atoms with Gasteiger partial charge < -0.3 is 5.73 Å². The molecule has 0 spiro atoms. The number of halogens is 1. The lowest BCUT2D eigenvalue weighted by Crippen LogP contribution is -2.11. The first-order valence-electron chi connectivity index (χ1n) is 5.33. The standard InChI is InChI=1S/C13H9BrN2OS/c14-10-6-5-8(15)7-11(10)16-13(17)9-3-1-2-4-12(9)18-16/h1-7H,15H2. The summed E-state index contributed by atoms with van der Waals surface area (Å²) in [5.74, 6) is 0. The van der Waals surface area contributed by atoms with Crippen LogP contribution in [0, 0.1) is 0 Å². The van der Waals surface area contributed by atoms with Crippen LogP contribution in [0.1, 0.15) is 0 Å². The van der Waals surface area contributed by atoms with Gasteiger partial charge in [0.05, 0.1) is 15.8 Å². The van der Waals surface area contributed by atoms with Crippen LogP contribution in [0.5, 0.6) is 0 Å². The number of fused-ring (bicyclic) bond motifs is 1. The van der Waals surface area contributed by atoms with Gasteiger partial charge in [0.25, 0.3) is 5.56 Å². The lowest BCUT2D eigenvalue weighted by Gasteiger charge is -2.04. The highest BCUT2D eigenvalue weighted by molar-refractivity contribution is 9.10. The van der Waals surface area contributed by atoms with Crippen molar-refractivity contribution in [2.45, 2.75) is 0 Å². The van der Waals surface area contributed by atoms with Crippen LogP contribution in [0.4, 0.5) is 5.69 Å². The van der Waals surface area contributed by atoms with E-state index in [1.807, 2.05) is 30.3 Å². The molecule has 2 N–H and O–H groups in total. The van der Waals surface area contributed by atoms with E-state index in [9.17, 15) is 4.79 Å². The SMILES string of the molecule is Nc1ccc(Br)c(-n2sc3ccccc3c2=O)c1. The number of nitrogens with zero attached hydrogens (tertiary/aromatic N) is 1. The van der Waals surface area contributed by atoms with Crippen molar-refractivity contribution in [2.24, 2.45) is 0 Å². The molecule has 0 unspecified atom stereocenters. The molecule has 18 heavy (non-hydrogen) atoms. The van der Waals surface area contributed by atoms with Crippen molar-refractivity contribution >= 4 is 43.2 Å². The summed E-state index contributed by atoms with van der Waals surface area (Å²) in [5.41, 5.74) is 7.18. The third-order valence-corrected chi connectivity index (χ3v) is 4.45. The molecule has 2 aromatic carbocycles. The smallest absolute Gasteiger partial charge is 0.273 e. The number of benzene rings is 2. The molecule has 0 saturated carbocycles. The van der Waals surface area contributed by atoms with Gasteiger partial charge >= 0.3 is 0 Å². The molecule has 3 rings (SSSR count). The second-order valence-electron chi connectivity index (χ2n) is 3.90. The van der Waals surface area contributed by atoms with Crippen molar-refractivity contribution in [3.8, 4) is 5.69 Å². The molecule has 3 nitrogen and oxygen atoms in total.